The number of amides is 2. The van der Waals surface area contributed by atoms with E-state index in [0.717, 1.165) is 17.4 Å². The summed E-state index contributed by atoms with van der Waals surface area (Å²) < 4.78 is 1.78. The third kappa shape index (κ3) is 3.46. The van der Waals surface area contributed by atoms with Crippen molar-refractivity contribution in [3.05, 3.63) is 36.0 Å². The van der Waals surface area contributed by atoms with Gasteiger partial charge in [-0.3, -0.25) is 9.59 Å². The van der Waals surface area contributed by atoms with E-state index >= 15 is 0 Å². The smallest absolute Gasteiger partial charge is 0.250 e. The molecular weight excluding hydrogens is 280 g/mol. The summed E-state index contributed by atoms with van der Waals surface area (Å²) in [7, 11) is 5.72. The van der Waals surface area contributed by atoms with Crippen molar-refractivity contribution >= 4 is 22.7 Å². The van der Waals surface area contributed by atoms with Gasteiger partial charge in [0.05, 0.1) is 5.56 Å². The van der Waals surface area contributed by atoms with Gasteiger partial charge < -0.3 is 20.1 Å². The Morgan fingerprint density at radius 1 is 1.14 bits per heavy atom. The van der Waals surface area contributed by atoms with Gasteiger partial charge in [-0.1, -0.05) is 18.2 Å². The minimum atomic E-state index is -0.483. The Morgan fingerprint density at radius 2 is 1.82 bits per heavy atom. The van der Waals surface area contributed by atoms with Gasteiger partial charge in [0.1, 0.15) is 6.54 Å². The number of aromatic nitrogens is 1. The van der Waals surface area contributed by atoms with Crippen LogP contribution in [0.5, 0.6) is 0 Å². The Balaban J connectivity index is 2.21. The van der Waals surface area contributed by atoms with Crippen LogP contribution in [0.15, 0.2) is 30.5 Å². The number of hydrogen-bond donors (Lipinski definition) is 1. The van der Waals surface area contributed by atoms with E-state index in [-0.39, 0.29) is 12.5 Å². The summed E-state index contributed by atoms with van der Waals surface area (Å²) in [6.07, 6.45) is 1.66. The number of carbonyl (C=O) groups is 2. The van der Waals surface area contributed by atoms with Gasteiger partial charge in [-0.05, 0) is 20.2 Å². The zero-order valence-corrected chi connectivity index (χ0v) is 13.2. The van der Waals surface area contributed by atoms with Crippen LogP contribution in [0.25, 0.3) is 10.9 Å². The number of nitrogens with two attached hydrogens (primary N) is 1. The van der Waals surface area contributed by atoms with Crippen molar-refractivity contribution in [2.75, 3.05) is 34.2 Å². The first kappa shape index (κ1) is 16.0. The summed E-state index contributed by atoms with van der Waals surface area (Å²) >= 11 is 0. The fourth-order valence-corrected chi connectivity index (χ4v) is 2.32. The Hall–Kier alpha value is -2.34. The van der Waals surface area contributed by atoms with Crippen LogP contribution in [-0.4, -0.2) is 60.4 Å². The molecular formula is C16H22N4O2. The molecule has 2 aromatic rings. The van der Waals surface area contributed by atoms with Gasteiger partial charge in [0.25, 0.3) is 5.91 Å². The van der Waals surface area contributed by atoms with Gasteiger partial charge in [0.15, 0.2) is 0 Å². The molecule has 6 heteroatoms. The van der Waals surface area contributed by atoms with E-state index in [9.17, 15) is 9.59 Å². The lowest BCUT2D eigenvalue weighted by molar-refractivity contribution is -0.130. The van der Waals surface area contributed by atoms with E-state index in [1.54, 1.807) is 22.7 Å². The quantitative estimate of drug-likeness (QED) is 0.856. The first-order chi connectivity index (χ1) is 10.4. The summed E-state index contributed by atoms with van der Waals surface area (Å²) in [5.74, 6) is -0.484. The molecule has 0 spiro atoms. The third-order valence-corrected chi connectivity index (χ3v) is 3.67. The predicted octanol–water partition coefficient (Wildman–Crippen LogP) is 0.760. The van der Waals surface area contributed by atoms with E-state index in [2.05, 4.69) is 0 Å². The predicted molar refractivity (Wildman–Crippen MR) is 86.6 cm³/mol. The number of primary amides is 1. The van der Waals surface area contributed by atoms with Crippen LogP contribution < -0.4 is 5.73 Å². The molecule has 0 atom stereocenters. The maximum atomic E-state index is 12.3. The van der Waals surface area contributed by atoms with Crippen molar-refractivity contribution in [3.8, 4) is 0 Å². The van der Waals surface area contributed by atoms with E-state index in [1.165, 1.54) is 0 Å². The average molecular weight is 302 g/mol. The highest BCUT2D eigenvalue weighted by molar-refractivity contribution is 6.06. The molecule has 0 aliphatic rings. The van der Waals surface area contributed by atoms with Gasteiger partial charge >= 0.3 is 0 Å². The normalized spacial score (nSPS) is 11.1. The summed E-state index contributed by atoms with van der Waals surface area (Å²) in [4.78, 5) is 27.6. The second kappa shape index (κ2) is 6.62. The maximum absolute atomic E-state index is 12.3. The van der Waals surface area contributed by atoms with Crippen molar-refractivity contribution in [2.45, 2.75) is 6.54 Å². The fraction of sp³-hybridized carbons (Fsp3) is 0.375. The molecule has 0 saturated carbocycles. The highest BCUT2D eigenvalue weighted by atomic mass is 16.2. The second-order valence-electron chi connectivity index (χ2n) is 5.67. The number of rotatable bonds is 6. The topological polar surface area (TPSA) is 71.6 Å². The Bertz CT molecular complexity index is 691. The molecule has 0 aliphatic carbocycles. The van der Waals surface area contributed by atoms with E-state index in [1.807, 2.05) is 43.3 Å². The molecule has 1 heterocycles. The summed E-state index contributed by atoms with van der Waals surface area (Å²) in [5.41, 5.74) is 6.69. The van der Waals surface area contributed by atoms with Crippen molar-refractivity contribution < 1.29 is 9.59 Å². The molecule has 2 N–H and O–H groups in total. The fourth-order valence-electron chi connectivity index (χ4n) is 2.32. The van der Waals surface area contributed by atoms with Crippen LogP contribution in [0.1, 0.15) is 10.4 Å². The first-order valence-electron chi connectivity index (χ1n) is 7.16. The summed E-state index contributed by atoms with van der Waals surface area (Å²) in [5, 5.41) is 0.777. The molecule has 6 nitrogen and oxygen atoms in total. The Morgan fingerprint density at radius 3 is 2.45 bits per heavy atom. The SMILES string of the molecule is CN(C)CCN(C)C(=O)Cn1cc(C(N)=O)c2ccccc21. The molecule has 2 rings (SSSR count). The number of likely N-dealkylation sites (N-methyl/N-ethyl adjacent to an activating group) is 2. The van der Waals surface area contributed by atoms with Crippen LogP contribution in [0.4, 0.5) is 0 Å². The molecule has 0 bridgehead atoms. The van der Waals surface area contributed by atoms with Crippen molar-refractivity contribution in [2.24, 2.45) is 5.73 Å². The van der Waals surface area contributed by atoms with Gasteiger partial charge in [-0.25, -0.2) is 0 Å². The van der Waals surface area contributed by atoms with Crippen molar-refractivity contribution in [1.29, 1.82) is 0 Å². The molecule has 0 unspecified atom stereocenters. The lowest BCUT2D eigenvalue weighted by Crippen LogP contribution is -2.35. The van der Waals surface area contributed by atoms with Crippen LogP contribution in [0.2, 0.25) is 0 Å². The first-order valence-corrected chi connectivity index (χ1v) is 7.16. The number of fused-ring (bicyclic) bond motifs is 1. The standard InChI is InChI=1S/C16H22N4O2/c1-18(2)8-9-19(3)15(21)11-20-10-13(16(17)22)12-6-4-5-7-14(12)20/h4-7,10H,8-9,11H2,1-3H3,(H2,17,22). The molecule has 118 valence electrons. The zero-order valence-electron chi connectivity index (χ0n) is 13.2. The number of hydrogen-bond acceptors (Lipinski definition) is 3. The van der Waals surface area contributed by atoms with Crippen molar-refractivity contribution in [3.63, 3.8) is 0 Å². The molecule has 22 heavy (non-hydrogen) atoms. The molecule has 1 aromatic heterocycles. The number of para-hydroxylation sites is 1. The van der Waals surface area contributed by atoms with Gasteiger partial charge in [0.2, 0.25) is 5.91 Å². The number of nitrogens with zero attached hydrogens (tertiary/aromatic N) is 3. The van der Waals surface area contributed by atoms with Gasteiger partial charge in [-0.2, -0.15) is 0 Å². The monoisotopic (exact) mass is 302 g/mol. The summed E-state index contributed by atoms with van der Waals surface area (Å²) in [6, 6.07) is 7.45. The lowest BCUT2D eigenvalue weighted by atomic mass is 10.2. The second-order valence-corrected chi connectivity index (χ2v) is 5.67. The molecule has 0 aliphatic heterocycles. The van der Waals surface area contributed by atoms with E-state index in [0.29, 0.717) is 12.1 Å². The molecule has 0 saturated heterocycles. The molecule has 0 fully saturated rings. The number of carbonyl (C=O) groups excluding carboxylic acids is 2. The van der Waals surface area contributed by atoms with Crippen LogP contribution in [-0.2, 0) is 11.3 Å². The minimum absolute atomic E-state index is 0.00127. The van der Waals surface area contributed by atoms with Crippen LogP contribution in [0, 0.1) is 0 Å². The average Bonchev–Trinajstić information content (AvgIpc) is 2.84. The molecule has 0 radical (unpaired) electrons. The highest BCUT2D eigenvalue weighted by Crippen LogP contribution is 2.21. The van der Waals surface area contributed by atoms with E-state index in [4.69, 9.17) is 5.73 Å². The summed E-state index contributed by atoms with van der Waals surface area (Å²) in [6.45, 7) is 1.66. The largest absolute Gasteiger partial charge is 0.366 e. The molecule has 1 aromatic carbocycles. The Kier molecular flexibility index (Phi) is 4.82. The Labute approximate surface area is 130 Å². The van der Waals surface area contributed by atoms with Crippen LogP contribution in [0.3, 0.4) is 0 Å². The van der Waals surface area contributed by atoms with E-state index < -0.39 is 5.91 Å². The third-order valence-electron chi connectivity index (χ3n) is 3.67. The van der Waals surface area contributed by atoms with Crippen molar-refractivity contribution in [1.82, 2.24) is 14.4 Å². The maximum Gasteiger partial charge on any atom is 0.250 e. The molecule has 2 amide bonds. The highest BCUT2D eigenvalue weighted by Gasteiger charge is 2.15. The van der Waals surface area contributed by atoms with Gasteiger partial charge in [0, 0.05) is 37.2 Å². The lowest BCUT2D eigenvalue weighted by Gasteiger charge is -2.20. The zero-order chi connectivity index (χ0) is 16.3. The number of benzene rings is 1. The minimum Gasteiger partial charge on any atom is -0.366 e. The van der Waals surface area contributed by atoms with Gasteiger partial charge in [-0.15, -0.1) is 0 Å². The van der Waals surface area contributed by atoms with Crippen LogP contribution >= 0.6 is 0 Å².